The molecule has 0 aliphatic rings. The van der Waals surface area contributed by atoms with E-state index in [4.69, 9.17) is 0 Å². The summed E-state index contributed by atoms with van der Waals surface area (Å²) in [5, 5.41) is 5.77. The molecule has 0 spiro atoms. The topological polar surface area (TPSA) is 75.5 Å². The van der Waals surface area contributed by atoms with Crippen LogP contribution in [0.15, 0.2) is 59.5 Å². The van der Waals surface area contributed by atoms with E-state index in [9.17, 15) is 9.59 Å². The Labute approximate surface area is 132 Å². The molecule has 2 heterocycles. The Balaban J connectivity index is 1.87. The highest BCUT2D eigenvalue weighted by molar-refractivity contribution is 5.99. The van der Waals surface area contributed by atoms with Crippen LogP contribution in [0.3, 0.4) is 0 Å². The number of rotatable bonds is 4. The van der Waals surface area contributed by atoms with Crippen molar-refractivity contribution < 1.29 is 4.79 Å². The third-order valence-corrected chi connectivity index (χ3v) is 3.48. The van der Waals surface area contributed by atoms with Gasteiger partial charge in [0.15, 0.2) is 0 Å². The molecular formula is C17H16N4O2. The molecule has 0 aliphatic heterocycles. The maximum Gasteiger partial charge on any atom is 0.258 e. The molecule has 6 heteroatoms. The van der Waals surface area contributed by atoms with Gasteiger partial charge in [0, 0.05) is 25.0 Å². The van der Waals surface area contributed by atoms with Crippen molar-refractivity contribution >= 4 is 17.2 Å². The quantitative estimate of drug-likeness (QED) is 0.769. The fourth-order valence-corrected chi connectivity index (χ4v) is 2.35. The minimum absolute atomic E-state index is 0.132. The van der Waals surface area contributed by atoms with Gasteiger partial charge in [0.25, 0.3) is 11.5 Å². The minimum Gasteiger partial charge on any atom is -0.379 e. The molecule has 0 unspecified atom stereocenters. The Hall–Kier alpha value is -3.15. The van der Waals surface area contributed by atoms with Crippen LogP contribution < -0.4 is 16.2 Å². The largest absolute Gasteiger partial charge is 0.379 e. The van der Waals surface area contributed by atoms with E-state index in [2.05, 4.69) is 15.6 Å². The number of carbonyl (C=O) groups is 1. The molecule has 116 valence electrons. The summed E-state index contributed by atoms with van der Waals surface area (Å²) in [4.78, 5) is 28.4. The zero-order chi connectivity index (χ0) is 16.2. The van der Waals surface area contributed by atoms with Gasteiger partial charge in [0.2, 0.25) is 0 Å². The standard InChI is InChI=1S/C17H16N4O2/c1-18-17(23)13-6-2-3-7-14(13)19-11-12-10-16(22)21-9-5-4-8-15(21)20-12/h2-10,19H,11H2,1H3,(H,18,23). The number of nitrogens with one attached hydrogen (secondary N) is 2. The third-order valence-electron chi connectivity index (χ3n) is 3.48. The Bertz CT molecular complexity index is 918. The summed E-state index contributed by atoms with van der Waals surface area (Å²) < 4.78 is 1.49. The van der Waals surface area contributed by atoms with Crippen LogP contribution in [-0.2, 0) is 6.54 Å². The average molecular weight is 308 g/mol. The molecule has 0 saturated carbocycles. The minimum atomic E-state index is -0.167. The molecule has 23 heavy (non-hydrogen) atoms. The monoisotopic (exact) mass is 308 g/mol. The highest BCUT2D eigenvalue weighted by atomic mass is 16.1. The first kappa shape index (κ1) is 14.8. The van der Waals surface area contributed by atoms with Crippen molar-refractivity contribution in [2.45, 2.75) is 6.54 Å². The number of amides is 1. The lowest BCUT2D eigenvalue weighted by atomic mass is 10.1. The molecule has 3 rings (SSSR count). The lowest BCUT2D eigenvalue weighted by Gasteiger charge is -2.11. The number of pyridine rings is 1. The van der Waals surface area contributed by atoms with Crippen molar-refractivity contribution in [1.29, 1.82) is 0 Å². The van der Waals surface area contributed by atoms with Gasteiger partial charge in [0.05, 0.1) is 17.8 Å². The van der Waals surface area contributed by atoms with E-state index in [1.165, 1.54) is 10.5 Å². The maximum atomic E-state index is 12.1. The van der Waals surface area contributed by atoms with Crippen molar-refractivity contribution in [3.05, 3.63) is 76.3 Å². The van der Waals surface area contributed by atoms with E-state index >= 15 is 0 Å². The number of anilines is 1. The summed E-state index contributed by atoms with van der Waals surface area (Å²) >= 11 is 0. The van der Waals surface area contributed by atoms with Gasteiger partial charge in [-0.15, -0.1) is 0 Å². The lowest BCUT2D eigenvalue weighted by molar-refractivity contribution is 0.0964. The Kier molecular flexibility index (Phi) is 4.05. The van der Waals surface area contributed by atoms with Crippen LogP contribution in [0.4, 0.5) is 5.69 Å². The number of aromatic nitrogens is 2. The second-order valence-corrected chi connectivity index (χ2v) is 4.99. The van der Waals surface area contributed by atoms with Crippen molar-refractivity contribution in [3.8, 4) is 0 Å². The van der Waals surface area contributed by atoms with E-state index < -0.39 is 0 Å². The Morgan fingerprint density at radius 2 is 1.96 bits per heavy atom. The normalized spacial score (nSPS) is 10.5. The number of nitrogens with zero attached hydrogens (tertiary/aromatic N) is 2. The van der Waals surface area contributed by atoms with Crippen molar-refractivity contribution in [2.75, 3.05) is 12.4 Å². The summed E-state index contributed by atoms with van der Waals surface area (Å²) in [6, 6.07) is 14.1. The summed E-state index contributed by atoms with van der Waals surface area (Å²) in [5.74, 6) is -0.167. The molecule has 2 N–H and O–H groups in total. The lowest BCUT2D eigenvalue weighted by Crippen LogP contribution is -2.20. The molecule has 0 atom stereocenters. The second kappa shape index (κ2) is 6.31. The van der Waals surface area contributed by atoms with Crippen LogP contribution in [0.1, 0.15) is 16.1 Å². The molecule has 6 nitrogen and oxygen atoms in total. The smallest absolute Gasteiger partial charge is 0.258 e. The van der Waals surface area contributed by atoms with Crippen LogP contribution in [0, 0.1) is 0 Å². The Morgan fingerprint density at radius 1 is 1.17 bits per heavy atom. The zero-order valence-corrected chi connectivity index (χ0v) is 12.6. The number of benzene rings is 1. The summed E-state index contributed by atoms with van der Waals surface area (Å²) in [6.07, 6.45) is 1.68. The molecule has 3 aromatic rings. The summed E-state index contributed by atoms with van der Waals surface area (Å²) in [7, 11) is 1.59. The van der Waals surface area contributed by atoms with Gasteiger partial charge < -0.3 is 10.6 Å². The van der Waals surface area contributed by atoms with Gasteiger partial charge in [-0.25, -0.2) is 4.98 Å². The third kappa shape index (κ3) is 3.06. The first-order valence-corrected chi connectivity index (χ1v) is 7.21. The number of carbonyl (C=O) groups excluding carboxylic acids is 1. The van der Waals surface area contributed by atoms with Gasteiger partial charge >= 0.3 is 0 Å². The Morgan fingerprint density at radius 3 is 2.78 bits per heavy atom. The van der Waals surface area contributed by atoms with Crippen molar-refractivity contribution in [3.63, 3.8) is 0 Å². The maximum absolute atomic E-state index is 12.1. The van der Waals surface area contributed by atoms with Crippen molar-refractivity contribution in [2.24, 2.45) is 0 Å². The van der Waals surface area contributed by atoms with E-state index in [-0.39, 0.29) is 11.5 Å². The second-order valence-electron chi connectivity index (χ2n) is 4.99. The van der Waals surface area contributed by atoms with Gasteiger partial charge in [-0.2, -0.15) is 0 Å². The van der Waals surface area contributed by atoms with Crippen LogP contribution >= 0.6 is 0 Å². The molecule has 1 amide bonds. The van der Waals surface area contributed by atoms with Crippen LogP contribution in [0.25, 0.3) is 5.65 Å². The van der Waals surface area contributed by atoms with E-state index in [1.54, 1.807) is 37.5 Å². The fourth-order valence-electron chi connectivity index (χ4n) is 2.35. The molecule has 1 aromatic carbocycles. The highest BCUT2D eigenvalue weighted by Gasteiger charge is 2.09. The van der Waals surface area contributed by atoms with Gasteiger partial charge in [-0.3, -0.25) is 14.0 Å². The number of para-hydroxylation sites is 1. The molecule has 0 fully saturated rings. The van der Waals surface area contributed by atoms with Crippen LogP contribution in [0.5, 0.6) is 0 Å². The zero-order valence-electron chi connectivity index (χ0n) is 12.6. The molecular weight excluding hydrogens is 292 g/mol. The van der Waals surface area contributed by atoms with Gasteiger partial charge in [-0.1, -0.05) is 18.2 Å². The van der Waals surface area contributed by atoms with Crippen LogP contribution in [-0.4, -0.2) is 22.3 Å². The van der Waals surface area contributed by atoms with Gasteiger partial charge in [-0.05, 0) is 24.3 Å². The van der Waals surface area contributed by atoms with E-state index in [0.29, 0.717) is 29.1 Å². The molecule has 0 bridgehead atoms. The SMILES string of the molecule is CNC(=O)c1ccccc1NCc1cc(=O)n2ccccc2n1. The number of hydrogen-bond donors (Lipinski definition) is 2. The predicted octanol–water partition coefficient (Wildman–Crippen LogP) is 1.67. The number of hydrogen-bond acceptors (Lipinski definition) is 4. The number of fused-ring (bicyclic) bond motifs is 1. The molecule has 0 aliphatic carbocycles. The average Bonchev–Trinajstić information content (AvgIpc) is 2.59. The van der Waals surface area contributed by atoms with E-state index in [0.717, 1.165) is 0 Å². The predicted molar refractivity (Wildman–Crippen MR) is 88.6 cm³/mol. The van der Waals surface area contributed by atoms with Gasteiger partial charge in [0.1, 0.15) is 5.65 Å². The fraction of sp³-hybridized carbons (Fsp3) is 0.118. The first-order chi connectivity index (χ1) is 11.2. The molecule has 2 aromatic heterocycles. The molecule has 0 saturated heterocycles. The van der Waals surface area contributed by atoms with E-state index in [1.807, 2.05) is 18.2 Å². The highest BCUT2D eigenvalue weighted by Crippen LogP contribution is 2.15. The molecule has 0 radical (unpaired) electrons. The van der Waals surface area contributed by atoms with Crippen molar-refractivity contribution in [1.82, 2.24) is 14.7 Å². The van der Waals surface area contributed by atoms with Crippen LogP contribution in [0.2, 0.25) is 0 Å². The summed E-state index contributed by atoms with van der Waals surface area (Å²) in [6.45, 7) is 0.356. The summed E-state index contributed by atoms with van der Waals surface area (Å²) in [5.41, 5.74) is 2.32. The first-order valence-electron chi connectivity index (χ1n) is 7.21.